The molecule has 3 nitrogen and oxygen atoms in total. The number of aliphatic hydroxyl groups is 1. The Morgan fingerprint density at radius 3 is 2.14 bits per heavy atom. The normalized spacial score (nSPS) is 32.1. The van der Waals surface area contributed by atoms with E-state index in [1.165, 1.54) is 0 Å². The van der Waals surface area contributed by atoms with Crippen LogP contribution in [0.5, 0.6) is 0 Å². The molecule has 1 rings (SSSR count). The lowest BCUT2D eigenvalue weighted by molar-refractivity contribution is -0.0471. The Morgan fingerprint density at radius 1 is 1.36 bits per heavy atom. The third kappa shape index (κ3) is 1.81. The van der Waals surface area contributed by atoms with Crippen LogP contribution in [0.15, 0.2) is 0 Å². The molecule has 0 aromatic rings. The molecule has 14 heavy (non-hydrogen) atoms. The molecule has 1 unspecified atom stereocenters. The van der Waals surface area contributed by atoms with Gasteiger partial charge in [-0.15, -0.1) is 0 Å². The summed E-state index contributed by atoms with van der Waals surface area (Å²) in [4.78, 5) is 0. The summed E-state index contributed by atoms with van der Waals surface area (Å²) >= 11 is 0. The highest BCUT2D eigenvalue weighted by atomic mass is 16.5. The van der Waals surface area contributed by atoms with E-state index in [2.05, 4.69) is 0 Å². The maximum absolute atomic E-state index is 10.5. The van der Waals surface area contributed by atoms with Gasteiger partial charge < -0.3 is 15.6 Å². The highest BCUT2D eigenvalue weighted by molar-refractivity contribution is 5.08. The maximum atomic E-state index is 10.5. The van der Waals surface area contributed by atoms with Gasteiger partial charge in [-0.2, -0.15) is 0 Å². The molecule has 0 spiro atoms. The topological polar surface area (TPSA) is 55.5 Å². The molecule has 1 aliphatic heterocycles. The largest absolute Gasteiger partial charge is 0.385 e. The van der Waals surface area contributed by atoms with Crippen molar-refractivity contribution in [1.29, 1.82) is 0 Å². The van der Waals surface area contributed by atoms with Crippen molar-refractivity contribution in [3.8, 4) is 0 Å². The predicted octanol–water partition coefficient (Wildman–Crippen LogP) is 1.43. The van der Waals surface area contributed by atoms with E-state index in [1.807, 2.05) is 27.7 Å². The lowest BCUT2D eigenvalue weighted by Gasteiger charge is -2.41. The summed E-state index contributed by atoms with van der Waals surface area (Å²) in [5.41, 5.74) is 4.61. The second-order valence-corrected chi connectivity index (χ2v) is 5.12. The van der Waals surface area contributed by atoms with E-state index in [0.29, 0.717) is 13.0 Å². The lowest BCUT2D eigenvalue weighted by atomic mass is 9.73. The zero-order valence-corrected chi connectivity index (χ0v) is 9.76. The minimum Gasteiger partial charge on any atom is -0.385 e. The van der Waals surface area contributed by atoms with Crippen molar-refractivity contribution in [2.24, 2.45) is 5.73 Å². The fourth-order valence-electron chi connectivity index (χ4n) is 2.35. The molecule has 3 heteroatoms. The predicted molar refractivity (Wildman–Crippen MR) is 57.1 cm³/mol. The zero-order chi connectivity index (χ0) is 11.0. The minimum atomic E-state index is -0.861. The van der Waals surface area contributed by atoms with Crippen LogP contribution < -0.4 is 5.73 Å². The lowest BCUT2D eigenvalue weighted by Crippen LogP contribution is -2.60. The number of rotatable bonds is 3. The summed E-state index contributed by atoms with van der Waals surface area (Å²) < 4.78 is 5.58. The first-order chi connectivity index (χ1) is 6.29. The Morgan fingerprint density at radius 2 is 1.86 bits per heavy atom. The van der Waals surface area contributed by atoms with Crippen LogP contribution in [0.25, 0.3) is 0 Å². The second kappa shape index (κ2) is 3.47. The van der Waals surface area contributed by atoms with E-state index in [0.717, 1.165) is 12.8 Å². The fourth-order valence-corrected chi connectivity index (χ4v) is 2.35. The first-order valence-electron chi connectivity index (χ1n) is 5.44. The Labute approximate surface area is 86.6 Å². The molecule has 0 saturated carbocycles. The molecular weight excluding hydrogens is 178 g/mol. The van der Waals surface area contributed by atoms with E-state index >= 15 is 0 Å². The van der Waals surface area contributed by atoms with Gasteiger partial charge in [-0.05, 0) is 26.7 Å². The summed E-state index contributed by atoms with van der Waals surface area (Å²) in [7, 11) is 0. The SMILES string of the molecule is CCC(N)(CC)C1(O)COC(C)(C)C1. The van der Waals surface area contributed by atoms with Crippen LogP contribution in [0.2, 0.25) is 0 Å². The summed E-state index contributed by atoms with van der Waals surface area (Å²) in [5.74, 6) is 0. The fraction of sp³-hybridized carbons (Fsp3) is 1.00. The van der Waals surface area contributed by atoms with Crippen molar-refractivity contribution in [3.05, 3.63) is 0 Å². The number of nitrogens with two attached hydrogens (primary N) is 1. The second-order valence-electron chi connectivity index (χ2n) is 5.12. The zero-order valence-electron chi connectivity index (χ0n) is 9.76. The Kier molecular flexibility index (Phi) is 2.96. The van der Waals surface area contributed by atoms with Crippen LogP contribution in [0, 0.1) is 0 Å². The van der Waals surface area contributed by atoms with Crippen LogP contribution in [0.4, 0.5) is 0 Å². The molecular formula is C11H23NO2. The molecule has 0 amide bonds. The first-order valence-corrected chi connectivity index (χ1v) is 5.44. The number of hydrogen-bond acceptors (Lipinski definition) is 3. The Balaban J connectivity index is 2.86. The van der Waals surface area contributed by atoms with Crippen LogP contribution >= 0.6 is 0 Å². The van der Waals surface area contributed by atoms with Gasteiger partial charge in [0.1, 0.15) is 5.60 Å². The summed E-state index contributed by atoms with van der Waals surface area (Å²) in [6, 6.07) is 0. The van der Waals surface area contributed by atoms with E-state index in [1.54, 1.807) is 0 Å². The molecule has 1 saturated heterocycles. The molecule has 1 fully saturated rings. The Bertz CT molecular complexity index is 211. The van der Waals surface area contributed by atoms with Crippen LogP contribution in [-0.4, -0.2) is 28.5 Å². The average Bonchev–Trinajstić information content (AvgIpc) is 2.40. The van der Waals surface area contributed by atoms with Gasteiger partial charge in [0, 0.05) is 12.0 Å². The minimum absolute atomic E-state index is 0.246. The van der Waals surface area contributed by atoms with Crippen molar-refractivity contribution in [2.45, 2.75) is 63.7 Å². The van der Waals surface area contributed by atoms with E-state index in [9.17, 15) is 5.11 Å². The van der Waals surface area contributed by atoms with Gasteiger partial charge in [-0.3, -0.25) is 0 Å². The van der Waals surface area contributed by atoms with Crippen LogP contribution in [-0.2, 0) is 4.74 Å². The first kappa shape index (κ1) is 12.0. The molecule has 3 N–H and O–H groups in total. The van der Waals surface area contributed by atoms with Crippen molar-refractivity contribution in [3.63, 3.8) is 0 Å². The van der Waals surface area contributed by atoms with Gasteiger partial charge in [-0.25, -0.2) is 0 Å². The van der Waals surface area contributed by atoms with Gasteiger partial charge in [-0.1, -0.05) is 13.8 Å². The highest BCUT2D eigenvalue weighted by Gasteiger charge is 2.53. The molecule has 0 bridgehead atoms. The molecule has 0 aliphatic carbocycles. The molecule has 0 aromatic heterocycles. The number of hydrogen-bond donors (Lipinski definition) is 2. The summed E-state index contributed by atoms with van der Waals surface area (Å²) in [6.45, 7) is 8.39. The van der Waals surface area contributed by atoms with E-state index in [-0.39, 0.29) is 5.60 Å². The smallest absolute Gasteiger partial charge is 0.108 e. The highest BCUT2D eigenvalue weighted by Crippen LogP contribution is 2.41. The van der Waals surface area contributed by atoms with Crippen LogP contribution in [0.1, 0.15) is 47.0 Å². The van der Waals surface area contributed by atoms with E-state index in [4.69, 9.17) is 10.5 Å². The molecule has 1 heterocycles. The van der Waals surface area contributed by atoms with Crippen molar-refractivity contribution in [2.75, 3.05) is 6.61 Å². The van der Waals surface area contributed by atoms with Crippen molar-refractivity contribution in [1.82, 2.24) is 0 Å². The van der Waals surface area contributed by atoms with E-state index < -0.39 is 11.1 Å². The van der Waals surface area contributed by atoms with Gasteiger partial charge in [0.15, 0.2) is 0 Å². The third-order valence-corrected chi connectivity index (χ3v) is 3.61. The average molecular weight is 201 g/mol. The van der Waals surface area contributed by atoms with Crippen molar-refractivity contribution >= 4 is 0 Å². The van der Waals surface area contributed by atoms with Crippen molar-refractivity contribution < 1.29 is 9.84 Å². The van der Waals surface area contributed by atoms with Gasteiger partial charge in [0.05, 0.1) is 12.2 Å². The molecule has 0 aromatic carbocycles. The van der Waals surface area contributed by atoms with Gasteiger partial charge >= 0.3 is 0 Å². The standard InChI is InChI=1S/C11H23NO2/c1-5-10(12,6-2)11(13)7-9(3,4)14-8-11/h13H,5-8,12H2,1-4H3. The maximum Gasteiger partial charge on any atom is 0.108 e. The molecule has 84 valence electrons. The quantitative estimate of drug-likeness (QED) is 0.726. The molecule has 1 aliphatic rings. The summed E-state index contributed by atoms with van der Waals surface area (Å²) in [6.07, 6.45) is 2.18. The van der Waals surface area contributed by atoms with Gasteiger partial charge in [0.2, 0.25) is 0 Å². The molecule has 0 radical (unpaired) electrons. The molecule has 1 atom stereocenters. The summed E-state index contributed by atoms with van der Waals surface area (Å²) in [5, 5.41) is 10.5. The Hall–Kier alpha value is -0.120. The third-order valence-electron chi connectivity index (χ3n) is 3.61. The number of ether oxygens (including phenoxy) is 1. The monoisotopic (exact) mass is 201 g/mol. The van der Waals surface area contributed by atoms with Crippen LogP contribution in [0.3, 0.4) is 0 Å². The van der Waals surface area contributed by atoms with Gasteiger partial charge in [0.25, 0.3) is 0 Å².